The second-order valence-electron chi connectivity index (χ2n) is 5.91. The van der Waals surface area contributed by atoms with E-state index >= 15 is 0 Å². The molecule has 0 saturated carbocycles. The number of fused-ring (bicyclic) bond motifs is 1. The van der Waals surface area contributed by atoms with E-state index in [1.807, 2.05) is 52.7 Å². The molecule has 2 aromatic carbocycles. The smallest absolute Gasteiger partial charge is 0.278 e. The normalized spacial score (nSPS) is 16.2. The van der Waals surface area contributed by atoms with Crippen LogP contribution >= 0.6 is 22.9 Å². The zero-order chi connectivity index (χ0) is 16.7. The SMILES string of the molecule is CC1Cc2ccccc2N1C(=O)c1csc(-c2cccc(Cl)c2)n1. The van der Waals surface area contributed by atoms with E-state index in [1.165, 1.54) is 16.9 Å². The summed E-state index contributed by atoms with van der Waals surface area (Å²) in [6.07, 6.45) is 0.882. The van der Waals surface area contributed by atoms with Gasteiger partial charge in [0.05, 0.1) is 0 Å². The third kappa shape index (κ3) is 2.62. The number of rotatable bonds is 2. The molecule has 1 aliphatic heterocycles. The molecule has 1 unspecified atom stereocenters. The van der Waals surface area contributed by atoms with E-state index in [0.717, 1.165) is 22.7 Å². The van der Waals surface area contributed by atoms with Gasteiger partial charge in [-0.05, 0) is 37.1 Å². The fourth-order valence-electron chi connectivity index (χ4n) is 3.12. The molecule has 4 rings (SSSR count). The zero-order valence-corrected chi connectivity index (χ0v) is 14.6. The van der Waals surface area contributed by atoms with E-state index in [2.05, 4.69) is 18.0 Å². The Morgan fingerprint density at radius 2 is 2.08 bits per heavy atom. The monoisotopic (exact) mass is 354 g/mol. The highest BCUT2D eigenvalue weighted by Gasteiger charge is 2.32. The number of carbonyl (C=O) groups is 1. The van der Waals surface area contributed by atoms with Crippen molar-refractivity contribution < 1.29 is 4.79 Å². The third-order valence-electron chi connectivity index (χ3n) is 4.22. The number of hydrogen-bond donors (Lipinski definition) is 0. The van der Waals surface area contributed by atoms with Gasteiger partial charge >= 0.3 is 0 Å². The summed E-state index contributed by atoms with van der Waals surface area (Å²) in [5, 5.41) is 3.30. The van der Waals surface area contributed by atoms with E-state index in [9.17, 15) is 4.79 Å². The Balaban J connectivity index is 1.67. The maximum Gasteiger partial charge on any atom is 0.278 e. The van der Waals surface area contributed by atoms with E-state index in [1.54, 1.807) is 0 Å². The molecule has 120 valence electrons. The number of benzene rings is 2. The van der Waals surface area contributed by atoms with Gasteiger partial charge < -0.3 is 4.90 Å². The number of aromatic nitrogens is 1. The van der Waals surface area contributed by atoms with Crippen molar-refractivity contribution in [1.82, 2.24) is 4.98 Å². The van der Waals surface area contributed by atoms with Crippen molar-refractivity contribution in [2.45, 2.75) is 19.4 Å². The largest absolute Gasteiger partial charge is 0.304 e. The van der Waals surface area contributed by atoms with Gasteiger partial charge in [-0.3, -0.25) is 4.79 Å². The molecule has 3 aromatic rings. The van der Waals surface area contributed by atoms with Crippen molar-refractivity contribution in [2.75, 3.05) is 4.90 Å². The van der Waals surface area contributed by atoms with E-state index in [4.69, 9.17) is 11.6 Å². The topological polar surface area (TPSA) is 33.2 Å². The van der Waals surface area contributed by atoms with Gasteiger partial charge in [0.15, 0.2) is 0 Å². The first-order chi connectivity index (χ1) is 11.6. The molecule has 0 aliphatic carbocycles. The summed E-state index contributed by atoms with van der Waals surface area (Å²) in [6, 6.07) is 15.7. The van der Waals surface area contributed by atoms with Crippen LogP contribution in [0, 0.1) is 0 Å². The number of thiazole rings is 1. The Hall–Kier alpha value is -2.17. The first-order valence-corrected chi connectivity index (χ1v) is 9.02. The summed E-state index contributed by atoms with van der Waals surface area (Å²) in [5.74, 6) is -0.0445. The van der Waals surface area contributed by atoms with E-state index in [-0.39, 0.29) is 11.9 Å². The van der Waals surface area contributed by atoms with Gasteiger partial charge in [0.1, 0.15) is 10.7 Å². The third-order valence-corrected chi connectivity index (χ3v) is 5.35. The molecule has 1 atom stereocenters. The minimum atomic E-state index is -0.0445. The Labute approximate surface area is 149 Å². The standard InChI is InChI=1S/C19H15ClN2OS/c1-12-9-13-5-2-3-8-17(13)22(12)19(23)16-11-24-18(21-16)14-6-4-7-15(20)10-14/h2-8,10-12H,9H2,1H3. The van der Waals surface area contributed by atoms with Crippen molar-refractivity contribution in [3.63, 3.8) is 0 Å². The predicted octanol–water partition coefficient (Wildman–Crippen LogP) is 5.05. The molecule has 2 heterocycles. The number of para-hydroxylation sites is 1. The number of nitrogens with zero attached hydrogens (tertiary/aromatic N) is 2. The quantitative estimate of drug-likeness (QED) is 0.644. The van der Waals surface area contributed by atoms with Crippen LogP contribution in [0.25, 0.3) is 10.6 Å². The second-order valence-corrected chi connectivity index (χ2v) is 7.20. The number of carbonyl (C=O) groups excluding carboxylic acids is 1. The van der Waals surface area contributed by atoms with Crippen molar-refractivity contribution >= 4 is 34.5 Å². The van der Waals surface area contributed by atoms with Gasteiger partial charge in [0.2, 0.25) is 0 Å². The molecule has 24 heavy (non-hydrogen) atoms. The summed E-state index contributed by atoms with van der Waals surface area (Å²) >= 11 is 7.51. The minimum Gasteiger partial charge on any atom is -0.304 e. The number of anilines is 1. The molecule has 0 N–H and O–H groups in total. The minimum absolute atomic E-state index is 0.0445. The zero-order valence-electron chi connectivity index (χ0n) is 13.1. The van der Waals surface area contributed by atoms with Crippen LogP contribution in [0.5, 0.6) is 0 Å². The van der Waals surface area contributed by atoms with E-state index in [0.29, 0.717) is 10.7 Å². The van der Waals surface area contributed by atoms with Gasteiger partial charge in [0.25, 0.3) is 5.91 Å². The fraction of sp³-hybridized carbons (Fsp3) is 0.158. The highest BCUT2D eigenvalue weighted by atomic mass is 35.5. The maximum atomic E-state index is 13.0. The lowest BCUT2D eigenvalue weighted by Gasteiger charge is -2.21. The van der Waals surface area contributed by atoms with Crippen molar-refractivity contribution in [3.05, 3.63) is 70.2 Å². The van der Waals surface area contributed by atoms with Gasteiger partial charge in [0, 0.05) is 27.7 Å². The Morgan fingerprint density at radius 1 is 1.25 bits per heavy atom. The van der Waals surface area contributed by atoms with Crippen LogP contribution in [0.4, 0.5) is 5.69 Å². The summed E-state index contributed by atoms with van der Waals surface area (Å²) in [7, 11) is 0. The van der Waals surface area contributed by atoms with Crippen molar-refractivity contribution in [3.8, 4) is 10.6 Å². The molecule has 0 fully saturated rings. The van der Waals surface area contributed by atoms with Gasteiger partial charge in [-0.15, -0.1) is 11.3 Å². The van der Waals surface area contributed by atoms with Crippen LogP contribution in [0.2, 0.25) is 5.02 Å². The number of amides is 1. The van der Waals surface area contributed by atoms with Gasteiger partial charge in [-0.2, -0.15) is 0 Å². The van der Waals surface area contributed by atoms with E-state index < -0.39 is 0 Å². The molecule has 3 nitrogen and oxygen atoms in total. The molecular weight excluding hydrogens is 340 g/mol. The van der Waals surface area contributed by atoms with Crippen LogP contribution in [0.3, 0.4) is 0 Å². The lowest BCUT2D eigenvalue weighted by molar-refractivity contribution is 0.0977. The number of halogens is 1. The Kier molecular flexibility index (Phi) is 3.87. The highest BCUT2D eigenvalue weighted by molar-refractivity contribution is 7.13. The molecule has 5 heteroatoms. The first kappa shape index (κ1) is 15.4. The number of hydrogen-bond acceptors (Lipinski definition) is 3. The molecular formula is C19H15ClN2OS. The lowest BCUT2D eigenvalue weighted by atomic mass is 10.1. The van der Waals surface area contributed by atoms with Gasteiger partial charge in [-0.1, -0.05) is 41.9 Å². The lowest BCUT2D eigenvalue weighted by Crippen LogP contribution is -2.35. The molecule has 0 saturated heterocycles. The van der Waals surface area contributed by atoms with Crippen LogP contribution < -0.4 is 4.90 Å². The molecule has 0 bridgehead atoms. The van der Waals surface area contributed by atoms with Crippen LogP contribution in [0.1, 0.15) is 23.0 Å². The average molecular weight is 355 g/mol. The highest BCUT2D eigenvalue weighted by Crippen LogP contribution is 2.34. The van der Waals surface area contributed by atoms with Crippen molar-refractivity contribution in [2.24, 2.45) is 0 Å². The average Bonchev–Trinajstić information content (AvgIpc) is 3.18. The first-order valence-electron chi connectivity index (χ1n) is 7.76. The summed E-state index contributed by atoms with van der Waals surface area (Å²) in [5.41, 5.74) is 3.62. The Bertz CT molecular complexity index is 921. The molecule has 0 spiro atoms. The second kappa shape index (κ2) is 6.04. The van der Waals surface area contributed by atoms with Crippen LogP contribution in [-0.4, -0.2) is 16.9 Å². The molecule has 0 radical (unpaired) electrons. The molecule has 1 amide bonds. The Morgan fingerprint density at radius 3 is 2.92 bits per heavy atom. The van der Waals surface area contributed by atoms with Gasteiger partial charge in [-0.25, -0.2) is 4.98 Å². The van der Waals surface area contributed by atoms with Crippen molar-refractivity contribution in [1.29, 1.82) is 0 Å². The summed E-state index contributed by atoms with van der Waals surface area (Å²) in [6.45, 7) is 2.07. The van der Waals surface area contributed by atoms with Crippen LogP contribution in [-0.2, 0) is 6.42 Å². The predicted molar refractivity (Wildman–Crippen MR) is 99.0 cm³/mol. The molecule has 1 aromatic heterocycles. The summed E-state index contributed by atoms with van der Waals surface area (Å²) in [4.78, 5) is 19.4. The van der Waals surface area contributed by atoms with Crippen LogP contribution in [0.15, 0.2) is 53.9 Å². The summed E-state index contributed by atoms with van der Waals surface area (Å²) < 4.78 is 0. The maximum absolute atomic E-state index is 13.0. The fourth-order valence-corrected chi connectivity index (χ4v) is 4.11. The molecule has 1 aliphatic rings.